The molecule has 2 rings (SSSR count). The molecule has 3 nitrogen and oxygen atoms in total. The molecule has 136 valence electrons. The second kappa shape index (κ2) is 8.43. The first-order chi connectivity index (χ1) is 11.7. The third kappa shape index (κ3) is 6.82. The molecule has 0 fully saturated rings. The lowest BCUT2D eigenvalue weighted by Gasteiger charge is -2.21. The zero-order valence-corrected chi connectivity index (χ0v) is 14.8. The number of benzene rings is 1. The first kappa shape index (κ1) is 19.4. The van der Waals surface area contributed by atoms with Gasteiger partial charge in [-0.25, -0.2) is 4.98 Å². The predicted octanol–water partition coefficient (Wildman–Crippen LogP) is 5.34. The molecule has 0 aliphatic heterocycles. The standard InChI is InChI=1S/C18H20ClF3N2O/c1-13(9-10-24(2)15-5-8-17(19)23-12-15)11-14-3-6-16(7-4-14)25-18(20,21)22/h3-8,12-13H,9-11H2,1-2H3. The number of ether oxygens (including phenoxy) is 1. The molecule has 1 unspecified atom stereocenters. The van der Waals surface area contributed by atoms with Crippen LogP contribution in [0.3, 0.4) is 0 Å². The summed E-state index contributed by atoms with van der Waals surface area (Å²) in [4.78, 5) is 6.16. The monoisotopic (exact) mass is 372 g/mol. The Hall–Kier alpha value is -1.95. The van der Waals surface area contributed by atoms with Gasteiger partial charge < -0.3 is 9.64 Å². The Kier molecular flexibility index (Phi) is 6.53. The van der Waals surface area contributed by atoms with Crippen LogP contribution in [0.5, 0.6) is 5.75 Å². The fraction of sp³-hybridized carbons (Fsp3) is 0.389. The fourth-order valence-electron chi connectivity index (χ4n) is 2.47. The van der Waals surface area contributed by atoms with Gasteiger partial charge in [-0.2, -0.15) is 0 Å². The zero-order valence-electron chi connectivity index (χ0n) is 14.1. The van der Waals surface area contributed by atoms with Gasteiger partial charge in [0.15, 0.2) is 0 Å². The number of hydrogen-bond acceptors (Lipinski definition) is 3. The van der Waals surface area contributed by atoms with E-state index < -0.39 is 6.36 Å². The van der Waals surface area contributed by atoms with Crippen molar-refractivity contribution in [3.63, 3.8) is 0 Å². The van der Waals surface area contributed by atoms with Gasteiger partial charge in [0, 0.05) is 13.6 Å². The highest BCUT2D eigenvalue weighted by molar-refractivity contribution is 6.29. The minimum absolute atomic E-state index is 0.195. The summed E-state index contributed by atoms with van der Waals surface area (Å²) in [6.45, 7) is 2.97. The van der Waals surface area contributed by atoms with Gasteiger partial charge in [-0.05, 0) is 48.6 Å². The summed E-state index contributed by atoms with van der Waals surface area (Å²) >= 11 is 5.78. The molecule has 1 aromatic carbocycles. The molecule has 1 heterocycles. The Bertz CT molecular complexity index is 660. The molecule has 2 aromatic rings. The van der Waals surface area contributed by atoms with Crippen LogP contribution < -0.4 is 9.64 Å². The molecule has 0 aliphatic rings. The molecule has 0 saturated carbocycles. The van der Waals surface area contributed by atoms with Crippen molar-refractivity contribution in [2.45, 2.75) is 26.1 Å². The van der Waals surface area contributed by atoms with Crippen LogP contribution in [0, 0.1) is 5.92 Å². The molecule has 0 amide bonds. The maximum absolute atomic E-state index is 12.2. The molecule has 0 N–H and O–H groups in total. The maximum Gasteiger partial charge on any atom is 0.573 e. The lowest BCUT2D eigenvalue weighted by atomic mass is 9.98. The first-order valence-corrected chi connectivity index (χ1v) is 8.28. The van der Waals surface area contributed by atoms with Gasteiger partial charge in [0.2, 0.25) is 0 Å². The van der Waals surface area contributed by atoms with Crippen molar-refractivity contribution in [3.8, 4) is 5.75 Å². The van der Waals surface area contributed by atoms with Gasteiger partial charge in [-0.15, -0.1) is 13.2 Å². The fourth-order valence-corrected chi connectivity index (χ4v) is 2.58. The molecule has 0 bridgehead atoms. The zero-order chi connectivity index (χ0) is 18.4. The maximum atomic E-state index is 12.2. The largest absolute Gasteiger partial charge is 0.573 e. The van der Waals surface area contributed by atoms with Crippen molar-refractivity contribution in [1.29, 1.82) is 0 Å². The quantitative estimate of drug-likeness (QED) is 0.613. The number of alkyl halides is 3. The SMILES string of the molecule is CC(CCN(C)c1ccc(Cl)nc1)Cc1ccc(OC(F)(F)F)cc1. The molecule has 1 atom stereocenters. The Morgan fingerprint density at radius 1 is 1.16 bits per heavy atom. The van der Waals surface area contributed by atoms with Crippen molar-refractivity contribution in [1.82, 2.24) is 4.98 Å². The van der Waals surface area contributed by atoms with Crippen LogP contribution >= 0.6 is 11.6 Å². The summed E-state index contributed by atoms with van der Waals surface area (Å²) in [5, 5.41) is 0.462. The van der Waals surface area contributed by atoms with E-state index in [-0.39, 0.29) is 5.75 Å². The third-order valence-electron chi connectivity index (χ3n) is 3.85. The van der Waals surface area contributed by atoms with Crippen LogP contribution in [0.2, 0.25) is 5.15 Å². The Morgan fingerprint density at radius 3 is 2.40 bits per heavy atom. The van der Waals surface area contributed by atoms with Gasteiger partial charge in [-0.1, -0.05) is 30.7 Å². The Morgan fingerprint density at radius 2 is 1.84 bits per heavy atom. The lowest BCUT2D eigenvalue weighted by Crippen LogP contribution is -2.21. The number of aromatic nitrogens is 1. The molecule has 1 aromatic heterocycles. The minimum atomic E-state index is -4.66. The lowest BCUT2D eigenvalue weighted by molar-refractivity contribution is -0.274. The number of nitrogens with zero attached hydrogens (tertiary/aromatic N) is 2. The minimum Gasteiger partial charge on any atom is -0.406 e. The number of anilines is 1. The summed E-state index contributed by atoms with van der Waals surface area (Å²) in [5.41, 5.74) is 1.98. The molecular weight excluding hydrogens is 353 g/mol. The van der Waals surface area contributed by atoms with Crippen molar-refractivity contribution < 1.29 is 17.9 Å². The molecular formula is C18H20ClF3N2O. The summed E-state index contributed by atoms with van der Waals surface area (Å²) in [6, 6.07) is 9.71. The normalized spacial score (nSPS) is 12.7. The first-order valence-electron chi connectivity index (χ1n) is 7.90. The number of hydrogen-bond donors (Lipinski definition) is 0. The van der Waals surface area contributed by atoms with Crippen LogP contribution in [0.4, 0.5) is 18.9 Å². The second-order valence-corrected chi connectivity index (χ2v) is 6.44. The van der Waals surface area contributed by atoms with E-state index in [9.17, 15) is 13.2 Å². The van der Waals surface area contributed by atoms with Gasteiger partial charge in [0.05, 0.1) is 11.9 Å². The average Bonchev–Trinajstić information content (AvgIpc) is 2.54. The molecule has 7 heteroatoms. The Labute approximate surface area is 150 Å². The van der Waals surface area contributed by atoms with E-state index in [1.165, 1.54) is 12.1 Å². The highest BCUT2D eigenvalue weighted by Crippen LogP contribution is 2.24. The van der Waals surface area contributed by atoms with Crippen LogP contribution in [0.1, 0.15) is 18.9 Å². The highest BCUT2D eigenvalue weighted by atomic mass is 35.5. The van der Waals surface area contributed by atoms with Gasteiger partial charge in [0.25, 0.3) is 0 Å². The van der Waals surface area contributed by atoms with E-state index >= 15 is 0 Å². The van der Waals surface area contributed by atoms with Crippen LogP contribution in [-0.2, 0) is 6.42 Å². The predicted molar refractivity (Wildman–Crippen MR) is 93.1 cm³/mol. The van der Waals surface area contributed by atoms with Crippen molar-refractivity contribution in [3.05, 3.63) is 53.3 Å². The number of halogens is 4. The number of rotatable bonds is 7. The van der Waals surface area contributed by atoms with Crippen LogP contribution in [0.15, 0.2) is 42.6 Å². The molecule has 25 heavy (non-hydrogen) atoms. The van der Waals surface area contributed by atoms with Crippen molar-refractivity contribution in [2.75, 3.05) is 18.5 Å². The summed E-state index contributed by atoms with van der Waals surface area (Å²) in [5.74, 6) is 0.191. The van der Waals surface area contributed by atoms with Crippen molar-refractivity contribution in [2.24, 2.45) is 5.92 Å². The van der Waals surface area contributed by atoms with E-state index in [1.807, 2.05) is 13.1 Å². The molecule has 0 saturated heterocycles. The summed E-state index contributed by atoms with van der Waals surface area (Å²) < 4.78 is 40.3. The van der Waals surface area contributed by atoms with E-state index in [1.54, 1.807) is 24.4 Å². The van der Waals surface area contributed by atoms with E-state index in [0.29, 0.717) is 11.1 Å². The van der Waals surface area contributed by atoms with E-state index in [2.05, 4.69) is 21.5 Å². The molecule has 0 aliphatic carbocycles. The topological polar surface area (TPSA) is 25.4 Å². The van der Waals surface area contributed by atoms with Gasteiger partial charge in [-0.3, -0.25) is 0 Å². The highest BCUT2D eigenvalue weighted by Gasteiger charge is 2.30. The van der Waals surface area contributed by atoms with Gasteiger partial charge in [0.1, 0.15) is 10.9 Å². The van der Waals surface area contributed by atoms with E-state index in [4.69, 9.17) is 11.6 Å². The van der Waals surface area contributed by atoms with Crippen LogP contribution in [-0.4, -0.2) is 24.9 Å². The third-order valence-corrected chi connectivity index (χ3v) is 4.07. The number of pyridine rings is 1. The average molecular weight is 373 g/mol. The summed E-state index contributed by atoms with van der Waals surface area (Å²) in [7, 11) is 1.99. The van der Waals surface area contributed by atoms with Crippen molar-refractivity contribution >= 4 is 17.3 Å². The summed E-state index contributed by atoms with van der Waals surface area (Å²) in [6.07, 6.45) is -1.19. The van der Waals surface area contributed by atoms with Crippen LogP contribution in [0.25, 0.3) is 0 Å². The second-order valence-electron chi connectivity index (χ2n) is 6.05. The van der Waals surface area contributed by atoms with E-state index in [0.717, 1.165) is 30.6 Å². The molecule has 0 spiro atoms. The van der Waals surface area contributed by atoms with Gasteiger partial charge >= 0.3 is 6.36 Å². The smallest absolute Gasteiger partial charge is 0.406 e. The molecule has 0 radical (unpaired) electrons. The Balaban J connectivity index is 1.81.